The van der Waals surface area contributed by atoms with Crippen LogP contribution in [-0.2, 0) is 11.3 Å². The molecule has 0 spiro atoms. The van der Waals surface area contributed by atoms with Gasteiger partial charge in [-0.3, -0.25) is 0 Å². The first kappa shape index (κ1) is 15.4. The van der Waals surface area contributed by atoms with Crippen molar-refractivity contribution in [3.05, 3.63) is 47.4 Å². The molecular weight excluding hydrogens is 270 g/mol. The van der Waals surface area contributed by atoms with Gasteiger partial charge in [-0.15, -0.1) is 0 Å². The lowest BCUT2D eigenvalue weighted by Gasteiger charge is -2.18. The molecule has 5 nitrogen and oxygen atoms in total. The molecule has 1 unspecified atom stereocenters. The molecule has 2 aromatic rings. The van der Waals surface area contributed by atoms with Gasteiger partial charge < -0.3 is 23.9 Å². The van der Waals surface area contributed by atoms with Crippen molar-refractivity contribution >= 4 is 0 Å². The van der Waals surface area contributed by atoms with Crippen LogP contribution in [0.15, 0.2) is 34.7 Å². The van der Waals surface area contributed by atoms with Crippen LogP contribution in [0.4, 0.5) is 0 Å². The van der Waals surface area contributed by atoms with E-state index < -0.39 is 0 Å². The Hall–Kier alpha value is -1.98. The normalized spacial score (nSPS) is 12.2. The summed E-state index contributed by atoms with van der Waals surface area (Å²) in [5.74, 6) is 3.14. The van der Waals surface area contributed by atoms with Crippen molar-refractivity contribution in [1.82, 2.24) is 5.32 Å². The zero-order valence-electron chi connectivity index (χ0n) is 12.8. The number of nitrogens with one attached hydrogen (secondary N) is 1. The lowest BCUT2D eigenvalue weighted by Crippen LogP contribution is -2.18. The van der Waals surface area contributed by atoms with E-state index in [2.05, 4.69) is 5.32 Å². The zero-order valence-corrected chi connectivity index (χ0v) is 12.8. The average molecular weight is 291 g/mol. The van der Waals surface area contributed by atoms with Crippen molar-refractivity contribution in [3.8, 4) is 11.5 Å². The summed E-state index contributed by atoms with van der Waals surface area (Å²) in [6.45, 7) is 0.450. The Balaban J connectivity index is 2.39. The Morgan fingerprint density at radius 1 is 1.10 bits per heavy atom. The summed E-state index contributed by atoms with van der Waals surface area (Å²) in [6, 6.07) is 9.43. The van der Waals surface area contributed by atoms with E-state index >= 15 is 0 Å². The molecule has 114 valence electrons. The zero-order chi connectivity index (χ0) is 15.2. The second kappa shape index (κ2) is 7.15. The maximum absolute atomic E-state index is 5.82. The summed E-state index contributed by atoms with van der Waals surface area (Å²) in [6.07, 6.45) is 0. The van der Waals surface area contributed by atoms with E-state index in [4.69, 9.17) is 18.6 Å². The number of furan rings is 1. The van der Waals surface area contributed by atoms with Crippen LogP contribution in [0.5, 0.6) is 11.5 Å². The second-order valence-electron chi connectivity index (χ2n) is 4.57. The second-order valence-corrected chi connectivity index (χ2v) is 4.57. The minimum Gasteiger partial charge on any atom is -0.497 e. The van der Waals surface area contributed by atoms with E-state index in [1.54, 1.807) is 21.3 Å². The molecule has 0 amide bonds. The molecule has 1 aromatic heterocycles. The number of methoxy groups -OCH3 is 3. The van der Waals surface area contributed by atoms with Crippen LogP contribution >= 0.6 is 0 Å². The van der Waals surface area contributed by atoms with Crippen LogP contribution in [0.3, 0.4) is 0 Å². The molecule has 2 rings (SSSR count). The molecule has 5 heteroatoms. The molecule has 1 aromatic carbocycles. The van der Waals surface area contributed by atoms with Crippen molar-refractivity contribution in [2.24, 2.45) is 0 Å². The molecule has 0 saturated heterocycles. The van der Waals surface area contributed by atoms with Crippen LogP contribution in [0.1, 0.15) is 23.1 Å². The largest absolute Gasteiger partial charge is 0.497 e. The number of hydrogen-bond donors (Lipinski definition) is 1. The monoisotopic (exact) mass is 291 g/mol. The maximum Gasteiger partial charge on any atom is 0.129 e. The summed E-state index contributed by atoms with van der Waals surface area (Å²) < 4.78 is 21.6. The first-order valence-corrected chi connectivity index (χ1v) is 6.70. The van der Waals surface area contributed by atoms with E-state index in [0.717, 1.165) is 28.6 Å². The number of ether oxygens (including phenoxy) is 3. The van der Waals surface area contributed by atoms with Crippen molar-refractivity contribution in [1.29, 1.82) is 0 Å². The summed E-state index contributed by atoms with van der Waals surface area (Å²) in [5.41, 5.74) is 0.956. The van der Waals surface area contributed by atoms with Crippen molar-refractivity contribution in [3.63, 3.8) is 0 Å². The molecule has 0 fully saturated rings. The fourth-order valence-electron chi connectivity index (χ4n) is 2.29. The van der Waals surface area contributed by atoms with Gasteiger partial charge in [-0.05, 0) is 37.4 Å². The number of hydrogen-bond acceptors (Lipinski definition) is 5. The summed E-state index contributed by atoms with van der Waals surface area (Å²) in [7, 11) is 6.81. The smallest absolute Gasteiger partial charge is 0.129 e. The SMILES string of the molecule is CNC(c1ccc(COC)o1)c1cc(OC)ccc1OC. The van der Waals surface area contributed by atoms with E-state index in [1.807, 2.05) is 37.4 Å². The minimum atomic E-state index is -0.124. The summed E-state index contributed by atoms with van der Waals surface area (Å²) >= 11 is 0. The van der Waals surface area contributed by atoms with Gasteiger partial charge in [0.1, 0.15) is 29.6 Å². The Kier molecular flexibility index (Phi) is 5.25. The molecule has 0 aliphatic rings. The first-order chi connectivity index (χ1) is 10.2. The number of rotatable bonds is 7. The predicted octanol–water partition coefficient (Wildman–Crippen LogP) is 2.75. The third-order valence-electron chi connectivity index (χ3n) is 3.29. The molecule has 21 heavy (non-hydrogen) atoms. The molecule has 0 bridgehead atoms. The molecule has 1 N–H and O–H groups in total. The van der Waals surface area contributed by atoms with Crippen molar-refractivity contribution in [2.75, 3.05) is 28.4 Å². The van der Waals surface area contributed by atoms with E-state index in [1.165, 1.54) is 0 Å². The van der Waals surface area contributed by atoms with E-state index in [0.29, 0.717) is 6.61 Å². The molecule has 0 aliphatic carbocycles. The highest BCUT2D eigenvalue weighted by atomic mass is 16.5. The first-order valence-electron chi connectivity index (χ1n) is 6.70. The van der Waals surface area contributed by atoms with Crippen LogP contribution < -0.4 is 14.8 Å². The Morgan fingerprint density at radius 2 is 1.90 bits per heavy atom. The van der Waals surface area contributed by atoms with Crippen molar-refractivity contribution < 1.29 is 18.6 Å². The lowest BCUT2D eigenvalue weighted by atomic mass is 10.0. The standard InChI is InChI=1S/C16H21NO4/c1-17-16(15-8-6-12(21-15)10-18-2)13-9-11(19-3)5-7-14(13)20-4/h5-9,16-17H,10H2,1-4H3. The fraction of sp³-hybridized carbons (Fsp3) is 0.375. The fourth-order valence-corrected chi connectivity index (χ4v) is 2.29. The quantitative estimate of drug-likeness (QED) is 0.850. The van der Waals surface area contributed by atoms with Gasteiger partial charge in [0, 0.05) is 12.7 Å². The maximum atomic E-state index is 5.82. The van der Waals surface area contributed by atoms with Crippen molar-refractivity contribution in [2.45, 2.75) is 12.6 Å². The summed E-state index contributed by atoms with van der Waals surface area (Å²) in [4.78, 5) is 0. The van der Waals surface area contributed by atoms with Gasteiger partial charge in [0.05, 0.1) is 20.3 Å². The molecular formula is C16H21NO4. The van der Waals surface area contributed by atoms with Gasteiger partial charge in [-0.25, -0.2) is 0 Å². The van der Waals surface area contributed by atoms with Crippen LogP contribution in [-0.4, -0.2) is 28.4 Å². The van der Waals surface area contributed by atoms with Crippen LogP contribution in [0.25, 0.3) is 0 Å². The van der Waals surface area contributed by atoms with Gasteiger partial charge in [0.15, 0.2) is 0 Å². The van der Waals surface area contributed by atoms with Crippen LogP contribution in [0, 0.1) is 0 Å². The highest BCUT2D eigenvalue weighted by Crippen LogP contribution is 2.33. The van der Waals surface area contributed by atoms with Crippen LogP contribution in [0.2, 0.25) is 0 Å². The topological polar surface area (TPSA) is 52.9 Å². The highest BCUT2D eigenvalue weighted by Gasteiger charge is 2.20. The minimum absolute atomic E-state index is 0.124. The molecule has 0 saturated carbocycles. The Labute approximate surface area is 124 Å². The summed E-state index contributed by atoms with van der Waals surface area (Å²) in [5, 5.41) is 3.25. The molecule has 1 heterocycles. The van der Waals surface area contributed by atoms with Gasteiger partial charge in [-0.1, -0.05) is 0 Å². The third kappa shape index (κ3) is 3.37. The van der Waals surface area contributed by atoms with Gasteiger partial charge in [-0.2, -0.15) is 0 Å². The highest BCUT2D eigenvalue weighted by molar-refractivity contribution is 5.44. The average Bonchev–Trinajstić information content (AvgIpc) is 2.96. The van der Waals surface area contributed by atoms with Gasteiger partial charge >= 0.3 is 0 Å². The third-order valence-corrected chi connectivity index (χ3v) is 3.29. The molecule has 1 atom stereocenters. The predicted molar refractivity (Wildman–Crippen MR) is 79.9 cm³/mol. The Bertz CT molecular complexity index is 579. The number of benzene rings is 1. The molecule has 0 aliphatic heterocycles. The Morgan fingerprint density at radius 3 is 2.52 bits per heavy atom. The van der Waals surface area contributed by atoms with E-state index in [-0.39, 0.29) is 6.04 Å². The van der Waals surface area contributed by atoms with Gasteiger partial charge in [0.2, 0.25) is 0 Å². The van der Waals surface area contributed by atoms with E-state index in [9.17, 15) is 0 Å². The molecule has 0 radical (unpaired) electrons. The van der Waals surface area contributed by atoms with Gasteiger partial charge in [0.25, 0.3) is 0 Å². The lowest BCUT2D eigenvalue weighted by molar-refractivity contribution is 0.162.